The summed E-state index contributed by atoms with van der Waals surface area (Å²) >= 11 is 0. The first-order valence-corrected chi connectivity index (χ1v) is 13.3. The minimum atomic E-state index is -1.47. The fourth-order valence-electron chi connectivity index (χ4n) is 6.35. The van der Waals surface area contributed by atoms with Crippen LogP contribution in [0.1, 0.15) is 35.6 Å². The molecule has 4 aliphatic heterocycles. The largest absolute Gasteiger partial charge is 0.484 e. The van der Waals surface area contributed by atoms with E-state index in [0.717, 1.165) is 77.6 Å². The molecular formula is C31H31N2O5+. The van der Waals surface area contributed by atoms with E-state index >= 15 is 0 Å². The molecule has 0 amide bonds. The van der Waals surface area contributed by atoms with E-state index in [2.05, 4.69) is 4.98 Å². The van der Waals surface area contributed by atoms with E-state index in [4.69, 9.17) is 18.6 Å². The maximum atomic E-state index is 12.0. The van der Waals surface area contributed by atoms with E-state index in [-0.39, 0.29) is 12.9 Å². The molecule has 0 radical (unpaired) electrons. The van der Waals surface area contributed by atoms with Crippen molar-refractivity contribution in [2.45, 2.75) is 31.1 Å². The van der Waals surface area contributed by atoms with E-state index < -0.39 is 5.60 Å². The molecule has 3 saturated heterocycles. The third-order valence-corrected chi connectivity index (χ3v) is 8.41. The lowest BCUT2D eigenvalue weighted by Gasteiger charge is -2.51. The number of nitrogens with zero attached hydrogens (tertiary/aromatic N) is 2. The summed E-state index contributed by atoms with van der Waals surface area (Å²) in [5.74, 6) is 3.96. The number of aromatic nitrogens is 1. The molecule has 1 unspecified atom stereocenters. The highest BCUT2D eigenvalue weighted by Gasteiger charge is 2.48. The number of fused-ring (bicyclic) bond motifs is 4. The summed E-state index contributed by atoms with van der Waals surface area (Å²) in [5, 5.41) is 12.0. The Hall–Kier alpha value is -3.81. The topological polar surface area (TPSA) is 74.0 Å². The lowest BCUT2D eigenvalue weighted by atomic mass is 9.83. The fourth-order valence-corrected chi connectivity index (χ4v) is 6.35. The van der Waals surface area contributed by atoms with Crippen molar-refractivity contribution in [3.8, 4) is 17.2 Å². The minimum Gasteiger partial charge on any atom is -0.484 e. The van der Waals surface area contributed by atoms with Crippen molar-refractivity contribution in [2.24, 2.45) is 5.92 Å². The number of quaternary nitrogens is 1. The Morgan fingerprint density at radius 2 is 1.58 bits per heavy atom. The molecule has 7 heteroatoms. The van der Waals surface area contributed by atoms with E-state index in [9.17, 15) is 5.11 Å². The molecule has 4 aromatic rings. The van der Waals surface area contributed by atoms with Gasteiger partial charge in [0, 0.05) is 24.8 Å². The first-order valence-electron chi connectivity index (χ1n) is 13.3. The molecule has 3 aromatic carbocycles. The van der Waals surface area contributed by atoms with Gasteiger partial charge in [0.15, 0.2) is 29.0 Å². The Bertz CT molecular complexity index is 1370. The molecule has 1 N–H and O–H groups in total. The zero-order valence-corrected chi connectivity index (χ0v) is 21.2. The maximum absolute atomic E-state index is 12.0. The van der Waals surface area contributed by atoms with Gasteiger partial charge in [-0.25, -0.2) is 4.98 Å². The highest BCUT2D eigenvalue weighted by molar-refractivity contribution is 5.47. The monoisotopic (exact) mass is 511 g/mol. The number of benzene rings is 3. The average Bonchev–Trinajstić information content (AvgIpc) is 3.64. The lowest BCUT2D eigenvalue weighted by molar-refractivity contribution is -0.958. The smallest absolute Gasteiger partial charge is 0.236 e. The predicted molar refractivity (Wildman–Crippen MR) is 140 cm³/mol. The second kappa shape index (κ2) is 9.19. The first kappa shape index (κ1) is 23.3. The van der Waals surface area contributed by atoms with Gasteiger partial charge in [-0.05, 0) is 23.3 Å². The van der Waals surface area contributed by atoms with Crippen LogP contribution in [0.3, 0.4) is 0 Å². The van der Waals surface area contributed by atoms with Gasteiger partial charge in [0.1, 0.15) is 18.8 Å². The van der Waals surface area contributed by atoms with Crippen molar-refractivity contribution in [1.82, 2.24) is 4.98 Å². The van der Waals surface area contributed by atoms with Crippen LogP contribution in [0.4, 0.5) is 0 Å². The molecule has 38 heavy (non-hydrogen) atoms. The molecule has 4 aliphatic rings. The van der Waals surface area contributed by atoms with Crippen molar-refractivity contribution in [1.29, 1.82) is 0 Å². The number of rotatable bonds is 7. The van der Waals surface area contributed by atoms with Gasteiger partial charge >= 0.3 is 0 Å². The fraction of sp³-hybridized carbons (Fsp3) is 0.323. The first-order chi connectivity index (χ1) is 18.6. The summed E-state index contributed by atoms with van der Waals surface area (Å²) in [5.41, 5.74) is -0.0223. The second-order valence-corrected chi connectivity index (χ2v) is 10.7. The van der Waals surface area contributed by atoms with Crippen LogP contribution in [-0.2, 0) is 12.1 Å². The molecule has 0 aliphatic carbocycles. The Morgan fingerprint density at radius 1 is 0.895 bits per heavy atom. The summed E-state index contributed by atoms with van der Waals surface area (Å²) < 4.78 is 24.8. The Morgan fingerprint density at radius 3 is 2.29 bits per heavy atom. The molecule has 3 fully saturated rings. The Labute approximate surface area is 221 Å². The van der Waals surface area contributed by atoms with Gasteiger partial charge in [0.25, 0.3) is 0 Å². The van der Waals surface area contributed by atoms with E-state index in [1.54, 1.807) is 6.20 Å². The van der Waals surface area contributed by atoms with Crippen LogP contribution in [0.25, 0.3) is 0 Å². The molecule has 5 heterocycles. The number of hydrogen-bond donors (Lipinski definition) is 1. The van der Waals surface area contributed by atoms with Crippen molar-refractivity contribution in [3.63, 3.8) is 0 Å². The van der Waals surface area contributed by atoms with Gasteiger partial charge in [-0.1, -0.05) is 60.7 Å². The van der Waals surface area contributed by atoms with Crippen molar-refractivity contribution in [3.05, 3.63) is 108 Å². The van der Waals surface area contributed by atoms with Gasteiger partial charge in [-0.15, -0.1) is 0 Å². The maximum Gasteiger partial charge on any atom is 0.236 e. The summed E-state index contributed by atoms with van der Waals surface area (Å²) in [6.45, 7) is 4.07. The van der Waals surface area contributed by atoms with Crippen LogP contribution in [-0.4, -0.2) is 47.1 Å². The van der Waals surface area contributed by atoms with Crippen LogP contribution >= 0.6 is 0 Å². The highest BCUT2D eigenvalue weighted by atomic mass is 16.7. The second-order valence-electron chi connectivity index (χ2n) is 10.7. The Balaban J connectivity index is 1.13. The summed E-state index contributed by atoms with van der Waals surface area (Å²) in [7, 11) is 0. The van der Waals surface area contributed by atoms with Crippen LogP contribution in [0, 0.1) is 5.92 Å². The van der Waals surface area contributed by atoms with E-state index in [1.807, 2.05) is 78.9 Å². The zero-order chi connectivity index (χ0) is 25.6. The van der Waals surface area contributed by atoms with Gasteiger partial charge in [-0.2, -0.15) is 0 Å². The molecule has 0 spiro atoms. The van der Waals surface area contributed by atoms with Crippen LogP contribution in [0.5, 0.6) is 17.2 Å². The van der Waals surface area contributed by atoms with Gasteiger partial charge in [-0.3, -0.25) is 0 Å². The SMILES string of the molecule is OC(c1ccccc1)(c1ccccc1)c1ncc(C[N+]23CCC(CC2)C(Oc2ccc4c(c2)OCO4)C3)o1. The zero-order valence-electron chi connectivity index (χ0n) is 21.2. The van der Waals surface area contributed by atoms with Gasteiger partial charge < -0.3 is 28.2 Å². The minimum absolute atomic E-state index is 0.130. The standard InChI is InChI=1S/C31H31N2O5/c34-31(23-7-3-1-4-8-23,24-9-5-2-6-10-24)30-32-18-26(38-30)19-33-15-13-22(14-16-33)29(20-33)37-25-11-12-27-28(17-25)36-21-35-27/h1-12,17-18,22,29,34H,13-16,19-21H2/q+1. The number of ether oxygens (including phenoxy) is 3. The lowest BCUT2D eigenvalue weighted by Crippen LogP contribution is -2.64. The summed E-state index contributed by atoms with van der Waals surface area (Å²) in [6, 6.07) is 25.0. The molecule has 1 atom stereocenters. The van der Waals surface area contributed by atoms with Gasteiger partial charge in [0.05, 0.1) is 19.3 Å². The normalized spacial score (nSPS) is 23.9. The number of oxazole rings is 1. The molecular weight excluding hydrogens is 480 g/mol. The molecule has 194 valence electrons. The van der Waals surface area contributed by atoms with Crippen LogP contribution in [0.15, 0.2) is 89.5 Å². The van der Waals surface area contributed by atoms with E-state index in [1.165, 1.54) is 0 Å². The van der Waals surface area contributed by atoms with Crippen molar-refractivity contribution >= 4 is 0 Å². The van der Waals surface area contributed by atoms with Crippen molar-refractivity contribution < 1.29 is 28.2 Å². The molecule has 1 aromatic heterocycles. The molecule has 8 rings (SSSR count). The van der Waals surface area contributed by atoms with Gasteiger partial charge in [0.2, 0.25) is 12.7 Å². The molecule has 2 bridgehead atoms. The number of piperidine rings is 3. The highest BCUT2D eigenvalue weighted by Crippen LogP contribution is 2.41. The third kappa shape index (κ3) is 4.03. The van der Waals surface area contributed by atoms with Crippen LogP contribution < -0.4 is 14.2 Å². The quantitative estimate of drug-likeness (QED) is 0.357. The number of hydrogen-bond acceptors (Lipinski definition) is 6. The van der Waals surface area contributed by atoms with E-state index in [0.29, 0.717) is 11.8 Å². The summed E-state index contributed by atoms with van der Waals surface area (Å²) in [4.78, 5) is 4.62. The number of aliphatic hydroxyl groups is 1. The Kier molecular flexibility index (Phi) is 5.64. The third-order valence-electron chi connectivity index (χ3n) is 8.41. The van der Waals surface area contributed by atoms with Crippen LogP contribution in [0.2, 0.25) is 0 Å². The molecule has 0 saturated carbocycles. The summed E-state index contributed by atoms with van der Waals surface area (Å²) in [6.07, 6.45) is 4.15. The predicted octanol–water partition coefficient (Wildman–Crippen LogP) is 4.88. The van der Waals surface area contributed by atoms with Crippen molar-refractivity contribution in [2.75, 3.05) is 26.4 Å². The molecule has 7 nitrogen and oxygen atoms in total. The average molecular weight is 512 g/mol.